The van der Waals surface area contributed by atoms with E-state index in [1.807, 2.05) is 30.9 Å². The van der Waals surface area contributed by atoms with Crippen LogP contribution in [-0.4, -0.2) is 45.1 Å². The first-order valence-corrected chi connectivity index (χ1v) is 8.11. The predicted molar refractivity (Wildman–Crippen MR) is 82.9 cm³/mol. The summed E-state index contributed by atoms with van der Waals surface area (Å²) in [6.07, 6.45) is 2.39. The van der Waals surface area contributed by atoms with Gasteiger partial charge in [-0.2, -0.15) is 0 Å². The minimum Gasteiger partial charge on any atom is -0.370 e. The fraction of sp³-hybridized carbons (Fsp3) is 0.467. The van der Waals surface area contributed by atoms with Gasteiger partial charge in [-0.3, -0.25) is 9.78 Å². The number of hydrogen-bond acceptors (Lipinski definition) is 6. The van der Waals surface area contributed by atoms with Gasteiger partial charge in [0.2, 0.25) is 0 Å². The van der Waals surface area contributed by atoms with E-state index in [0.717, 1.165) is 23.4 Å². The Morgan fingerprint density at radius 1 is 1.55 bits per heavy atom. The molecule has 0 radical (unpaired) electrons. The summed E-state index contributed by atoms with van der Waals surface area (Å²) in [5.74, 6) is 0.00549. The quantitative estimate of drug-likeness (QED) is 0.866. The number of ether oxygens (including phenoxy) is 1. The molecule has 0 bridgehead atoms. The maximum absolute atomic E-state index is 12.7. The van der Waals surface area contributed by atoms with Crippen LogP contribution in [0.3, 0.4) is 0 Å². The summed E-state index contributed by atoms with van der Waals surface area (Å²) < 4.78 is 9.73. The Morgan fingerprint density at radius 3 is 3.18 bits per heavy atom. The Labute approximate surface area is 133 Å². The zero-order valence-electron chi connectivity index (χ0n) is 12.7. The van der Waals surface area contributed by atoms with Crippen LogP contribution in [0.15, 0.2) is 18.3 Å². The summed E-state index contributed by atoms with van der Waals surface area (Å²) in [5, 5.41) is 4.02. The number of carbonyl (C=O) groups is 1. The van der Waals surface area contributed by atoms with Gasteiger partial charge in [0.05, 0.1) is 18.8 Å². The molecule has 2 aromatic rings. The van der Waals surface area contributed by atoms with Crippen molar-refractivity contribution in [3.63, 3.8) is 0 Å². The van der Waals surface area contributed by atoms with Gasteiger partial charge in [-0.05, 0) is 42.6 Å². The van der Waals surface area contributed by atoms with E-state index in [1.54, 1.807) is 6.20 Å². The van der Waals surface area contributed by atoms with Gasteiger partial charge in [0.15, 0.2) is 0 Å². The molecular weight excluding hydrogens is 300 g/mol. The molecule has 1 amide bonds. The van der Waals surface area contributed by atoms with E-state index in [4.69, 9.17) is 4.74 Å². The molecule has 1 unspecified atom stereocenters. The van der Waals surface area contributed by atoms with Crippen LogP contribution in [0.25, 0.3) is 0 Å². The molecule has 2 aromatic heterocycles. The minimum absolute atomic E-state index is 0.00549. The molecule has 116 valence electrons. The molecule has 1 aliphatic heterocycles. The highest BCUT2D eigenvalue weighted by molar-refractivity contribution is 7.08. The van der Waals surface area contributed by atoms with Crippen LogP contribution in [0, 0.1) is 6.92 Å². The first-order valence-electron chi connectivity index (χ1n) is 7.33. The van der Waals surface area contributed by atoms with Crippen molar-refractivity contribution in [3.8, 4) is 0 Å². The molecule has 0 aliphatic carbocycles. The molecule has 1 fully saturated rings. The minimum atomic E-state index is -0.106. The predicted octanol–water partition coefficient (Wildman–Crippen LogP) is 2.02. The van der Waals surface area contributed by atoms with Crippen molar-refractivity contribution in [2.75, 3.05) is 19.7 Å². The smallest absolute Gasteiger partial charge is 0.267 e. The summed E-state index contributed by atoms with van der Waals surface area (Å²) in [5.41, 5.74) is 2.78. The van der Waals surface area contributed by atoms with Crippen molar-refractivity contribution >= 4 is 17.4 Å². The molecule has 0 saturated carbocycles. The number of pyridine rings is 1. The van der Waals surface area contributed by atoms with E-state index < -0.39 is 0 Å². The molecule has 1 aliphatic rings. The number of amides is 1. The molecule has 3 heterocycles. The summed E-state index contributed by atoms with van der Waals surface area (Å²) in [7, 11) is 0. The normalized spacial score (nSPS) is 18.5. The number of aryl methyl sites for hydroxylation is 2. The van der Waals surface area contributed by atoms with Crippen molar-refractivity contribution in [3.05, 3.63) is 40.2 Å². The summed E-state index contributed by atoms with van der Waals surface area (Å²) in [6, 6.07) is 3.95. The molecular formula is C15H18N4O2S. The highest BCUT2D eigenvalue weighted by Gasteiger charge is 2.28. The third-order valence-electron chi connectivity index (χ3n) is 3.73. The number of nitrogens with zero attached hydrogens (tertiary/aromatic N) is 4. The van der Waals surface area contributed by atoms with Gasteiger partial charge in [-0.15, -0.1) is 5.10 Å². The zero-order valence-corrected chi connectivity index (χ0v) is 13.5. The molecule has 7 heteroatoms. The van der Waals surface area contributed by atoms with Crippen LogP contribution < -0.4 is 0 Å². The van der Waals surface area contributed by atoms with E-state index in [2.05, 4.69) is 14.6 Å². The van der Waals surface area contributed by atoms with E-state index in [1.165, 1.54) is 11.5 Å². The molecule has 1 atom stereocenters. The second kappa shape index (κ2) is 6.50. The van der Waals surface area contributed by atoms with Crippen molar-refractivity contribution in [2.24, 2.45) is 0 Å². The lowest BCUT2D eigenvalue weighted by Crippen LogP contribution is -2.42. The lowest BCUT2D eigenvalue weighted by molar-refractivity contribution is -0.0227. The van der Waals surface area contributed by atoms with E-state index in [0.29, 0.717) is 24.6 Å². The molecule has 1 saturated heterocycles. The molecule has 0 aromatic carbocycles. The maximum atomic E-state index is 12.7. The van der Waals surface area contributed by atoms with Crippen LogP contribution in [0.2, 0.25) is 0 Å². The van der Waals surface area contributed by atoms with Gasteiger partial charge in [0, 0.05) is 18.4 Å². The number of rotatable bonds is 3. The largest absolute Gasteiger partial charge is 0.370 e. The lowest BCUT2D eigenvalue weighted by atomic mass is 10.1. The van der Waals surface area contributed by atoms with Crippen LogP contribution >= 0.6 is 11.5 Å². The Morgan fingerprint density at radius 2 is 2.41 bits per heavy atom. The third-order valence-corrected chi connectivity index (χ3v) is 4.49. The van der Waals surface area contributed by atoms with E-state index >= 15 is 0 Å². The highest BCUT2D eigenvalue weighted by Crippen LogP contribution is 2.24. The first-order chi connectivity index (χ1) is 10.7. The van der Waals surface area contributed by atoms with Gasteiger partial charge in [-0.25, -0.2) is 0 Å². The number of aromatic nitrogens is 3. The third kappa shape index (κ3) is 3.00. The Kier molecular flexibility index (Phi) is 4.44. The van der Waals surface area contributed by atoms with Crippen molar-refractivity contribution in [1.82, 2.24) is 19.5 Å². The molecule has 0 N–H and O–H groups in total. The van der Waals surface area contributed by atoms with Crippen LogP contribution in [0.1, 0.15) is 39.7 Å². The molecule has 6 nitrogen and oxygen atoms in total. The lowest BCUT2D eigenvalue weighted by Gasteiger charge is -2.33. The van der Waals surface area contributed by atoms with E-state index in [9.17, 15) is 4.79 Å². The summed E-state index contributed by atoms with van der Waals surface area (Å²) in [4.78, 5) is 19.4. The Hall–Kier alpha value is -1.86. The number of hydrogen-bond donors (Lipinski definition) is 0. The van der Waals surface area contributed by atoms with Gasteiger partial charge >= 0.3 is 0 Å². The SMILES string of the molecule is CCc1nnsc1C(=O)N1CCOC(c2ccnc(C)c2)C1. The molecule has 22 heavy (non-hydrogen) atoms. The van der Waals surface area contributed by atoms with Gasteiger partial charge in [0.1, 0.15) is 11.0 Å². The average Bonchev–Trinajstić information content (AvgIpc) is 3.03. The van der Waals surface area contributed by atoms with Gasteiger partial charge in [0.25, 0.3) is 5.91 Å². The zero-order chi connectivity index (χ0) is 15.5. The molecule has 3 rings (SSSR count). The topological polar surface area (TPSA) is 68.2 Å². The van der Waals surface area contributed by atoms with Crippen LogP contribution in [0.4, 0.5) is 0 Å². The number of morpholine rings is 1. The second-order valence-electron chi connectivity index (χ2n) is 5.24. The Bertz CT molecular complexity index is 673. The second-order valence-corrected chi connectivity index (χ2v) is 6.00. The van der Waals surface area contributed by atoms with Crippen molar-refractivity contribution < 1.29 is 9.53 Å². The summed E-state index contributed by atoms with van der Waals surface area (Å²) >= 11 is 1.17. The fourth-order valence-corrected chi connectivity index (χ4v) is 3.27. The molecule has 0 spiro atoms. The van der Waals surface area contributed by atoms with E-state index in [-0.39, 0.29) is 12.0 Å². The monoisotopic (exact) mass is 318 g/mol. The standard InChI is InChI=1S/C15H18N4O2S/c1-3-12-14(22-18-17-12)15(20)19-6-7-21-13(9-19)11-4-5-16-10(2)8-11/h4-5,8,13H,3,6-7,9H2,1-2H3. The average molecular weight is 318 g/mol. The van der Waals surface area contributed by atoms with Crippen LogP contribution in [0.5, 0.6) is 0 Å². The number of carbonyl (C=O) groups excluding carboxylic acids is 1. The van der Waals surface area contributed by atoms with Gasteiger partial charge < -0.3 is 9.64 Å². The maximum Gasteiger partial charge on any atom is 0.267 e. The van der Waals surface area contributed by atoms with Gasteiger partial charge in [-0.1, -0.05) is 11.4 Å². The fourth-order valence-electron chi connectivity index (χ4n) is 2.55. The Balaban J connectivity index is 1.77. The summed E-state index contributed by atoms with van der Waals surface area (Å²) in [6.45, 7) is 5.61. The first kappa shape index (κ1) is 15.1. The van der Waals surface area contributed by atoms with Crippen LogP contribution in [-0.2, 0) is 11.2 Å². The highest BCUT2D eigenvalue weighted by atomic mass is 32.1. The van der Waals surface area contributed by atoms with Crippen molar-refractivity contribution in [2.45, 2.75) is 26.4 Å². The van der Waals surface area contributed by atoms with Crippen molar-refractivity contribution in [1.29, 1.82) is 0 Å².